The highest BCUT2D eigenvalue weighted by Crippen LogP contribution is 2.16. The van der Waals surface area contributed by atoms with Gasteiger partial charge in [0, 0.05) is 18.7 Å². The molecule has 0 unspecified atom stereocenters. The lowest BCUT2D eigenvalue weighted by atomic mass is 10.1. The molecule has 0 heterocycles. The summed E-state index contributed by atoms with van der Waals surface area (Å²) >= 11 is 0. The van der Waals surface area contributed by atoms with Gasteiger partial charge in [0.2, 0.25) is 5.91 Å². The zero-order chi connectivity index (χ0) is 11.8. The van der Waals surface area contributed by atoms with Crippen molar-refractivity contribution in [2.24, 2.45) is 0 Å². The second-order valence-electron chi connectivity index (χ2n) is 3.81. The van der Waals surface area contributed by atoms with Gasteiger partial charge >= 0.3 is 0 Å². The third kappa shape index (κ3) is 5.71. The zero-order valence-electron chi connectivity index (χ0n) is 10.5. The number of para-hydroxylation sites is 1. The summed E-state index contributed by atoms with van der Waals surface area (Å²) in [6, 6.07) is 7.99. The van der Waals surface area contributed by atoms with Gasteiger partial charge in [0.15, 0.2) is 0 Å². The summed E-state index contributed by atoms with van der Waals surface area (Å²) < 4.78 is 0. The first-order valence-corrected chi connectivity index (χ1v) is 5.80. The van der Waals surface area contributed by atoms with Crippen LogP contribution in [0.2, 0.25) is 0 Å². The summed E-state index contributed by atoms with van der Waals surface area (Å²) in [7, 11) is 1.85. The van der Waals surface area contributed by atoms with Crippen LogP contribution in [0.4, 0.5) is 5.69 Å². The SMILES string of the molecule is CCCc1ccccc1NC(=O)CCNC.Cl. The summed E-state index contributed by atoms with van der Waals surface area (Å²) in [5.41, 5.74) is 2.16. The van der Waals surface area contributed by atoms with Gasteiger partial charge in [0.25, 0.3) is 0 Å². The highest BCUT2D eigenvalue weighted by Gasteiger charge is 2.04. The topological polar surface area (TPSA) is 41.1 Å². The van der Waals surface area contributed by atoms with Crippen LogP contribution in [-0.4, -0.2) is 19.5 Å². The molecule has 96 valence electrons. The number of amides is 1. The van der Waals surface area contributed by atoms with Gasteiger partial charge in [-0.3, -0.25) is 4.79 Å². The van der Waals surface area contributed by atoms with Crippen molar-refractivity contribution in [1.82, 2.24) is 5.32 Å². The molecule has 4 heteroatoms. The van der Waals surface area contributed by atoms with E-state index in [1.165, 1.54) is 5.56 Å². The number of hydrogen-bond acceptors (Lipinski definition) is 2. The minimum Gasteiger partial charge on any atom is -0.326 e. The average molecular weight is 257 g/mol. The van der Waals surface area contributed by atoms with Gasteiger partial charge in [0.05, 0.1) is 0 Å². The van der Waals surface area contributed by atoms with Crippen LogP contribution >= 0.6 is 12.4 Å². The number of rotatable bonds is 6. The number of carbonyl (C=O) groups excluding carboxylic acids is 1. The van der Waals surface area contributed by atoms with Gasteiger partial charge in [-0.15, -0.1) is 12.4 Å². The van der Waals surface area contributed by atoms with E-state index in [1.54, 1.807) is 0 Å². The number of aryl methyl sites for hydroxylation is 1. The molecule has 2 N–H and O–H groups in total. The molecule has 0 atom stereocenters. The molecule has 0 spiro atoms. The smallest absolute Gasteiger partial charge is 0.225 e. The maximum atomic E-state index is 11.6. The van der Waals surface area contributed by atoms with Crippen LogP contribution in [-0.2, 0) is 11.2 Å². The van der Waals surface area contributed by atoms with E-state index in [4.69, 9.17) is 0 Å². The van der Waals surface area contributed by atoms with Gasteiger partial charge in [-0.25, -0.2) is 0 Å². The van der Waals surface area contributed by atoms with Crippen molar-refractivity contribution in [2.75, 3.05) is 18.9 Å². The molecular formula is C13H21ClN2O. The first kappa shape index (κ1) is 15.9. The van der Waals surface area contributed by atoms with E-state index in [1.807, 2.05) is 25.2 Å². The number of carbonyl (C=O) groups is 1. The molecule has 0 aliphatic heterocycles. The molecule has 0 radical (unpaired) electrons. The van der Waals surface area contributed by atoms with Gasteiger partial charge < -0.3 is 10.6 Å². The Morgan fingerprint density at radius 1 is 1.29 bits per heavy atom. The van der Waals surface area contributed by atoms with E-state index in [-0.39, 0.29) is 18.3 Å². The summed E-state index contributed by atoms with van der Waals surface area (Å²) in [6.07, 6.45) is 2.60. The average Bonchev–Trinajstić information content (AvgIpc) is 2.29. The Kier molecular flexibility index (Phi) is 8.46. The van der Waals surface area contributed by atoms with E-state index in [9.17, 15) is 4.79 Å². The van der Waals surface area contributed by atoms with Crippen LogP contribution in [0.3, 0.4) is 0 Å². The number of anilines is 1. The molecule has 0 saturated carbocycles. The van der Waals surface area contributed by atoms with Crippen LogP contribution in [0.5, 0.6) is 0 Å². The van der Waals surface area contributed by atoms with Gasteiger partial charge in [-0.1, -0.05) is 31.5 Å². The molecule has 17 heavy (non-hydrogen) atoms. The van der Waals surface area contributed by atoms with Crippen LogP contribution in [0.25, 0.3) is 0 Å². The zero-order valence-corrected chi connectivity index (χ0v) is 11.3. The molecule has 3 nitrogen and oxygen atoms in total. The van der Waals surface area contributed by atoms with E-state index in [0.717, 1.165) is 18.5 Å². The number of benzene rings is 1. The van der Waals surface area contributed by atoms with Crippen LogP contribution in [0.1, 0.15) is 25.3 Å². The maximum Gasteiger partial charge on any atom is 0.225 e. The molecular weight excluding hydrogens is 236 g/mol. The summed E-state index contributed by atoms with van der Waals surface area (Å²) in [5, 5.41) is 5.91. The van der Waals surface area contributed by atoms with Crippen LogP contribution in [0, 0.1) is 0 Å². The Bertz CT molecular complexity index is 342. The van der Waals surface area contributed by atoms with Crippen molar-refractivity contribution < 1.29 is 4.79 Å². The highest BCUT2D eigenvalue weighted by molar-refractivity contribution is 5.91. The summed E-state index contributed by atoms with van der Waals surface area (Å²) in [6.45, 7) is 2.85. The van der Waals surface area contributed by atoms with Crippen molar-refractivity contribution in [2.45, 2.75) is 26.2 Å². The van der Waals surface area contributed by atoms with E-state index in [2.05, 4.69) is 23.6 Å². The molecule has 0 aliphatic rings. The Morgan fingerprint density at radius 3 is 2.65 bits per heavy atom. The fraction of sp³-hybridized carbons (Fsp3) is 0.462. The summed E-state index contributed by atoms with van der Waals surface area (Å²) in [5.74, 6) is 0.0675. The molecule has 1 rings (SSSR count). The summed E-state index contributed by atoms with van der Waals surface area (Å²) in [4.78, 5) is 11.6. The second-order valence-corrected chi connectivity index (χ2v) is 3.81. The third-order valence-electron chi connectivity index (χ3n) is 2.41. The second kappa shape index (κ2) is 9.02. The van der Waals surface area contributed by atoms with E-state index in [0.29, 0.717) is 13.0 Å². The minimum atomic E-state index is 0. The number of nitrogens with one attached hydrogen (secondary N) is 2. The molecule has 1 aromatic carbocycles. The van der Waals surface area contributed by atoms with E-state index >= 15 is 0 Å². The Labute approximate surface area is 109 Å². The number of halogens is 1. The van der Waals surface area contributed by atoms with Crippen molar-refractivity contribution in [3.05, 3.63) is 29.8 Å². The predicted octanol–water partition coefficient (Wildman–Crippen LogP) is 2.61. The third-order valence-corrected chi connectivity index (χ3v) is 2.41. The van der Waals surface area contributed by atoms with Crippen molar-refractivity contribution in [1.29, 1.82) is 0 Å². The lowest BCUT2D eigenvalue weighted by Gasteiger charge is -2.10. The Morgan fingerprint density at radius 2 is 2.00 bits per heavy atom. The molecule has 0 fully saturated rings. The highest BCUT2D eigenvalue weighted by atomic mass is 35.5. The minimum absolute atomic E-state index is 0. The Hall–Kier alpha value is -1.06. The fourth-order valence-electron chi connectivity index (χ4n) is 1.58. The molecule has 0 aromatic heterocycles. The molecule has 1 aromatic rings. The molecule has 0 aliphatic carbocycles. The lowest BCUT2D eigenvalue weighted by Crippen LogP contribution is -2.19. The monoisotopic (exact) mass is 256 g/mol. The lowest BCUT2D eigenvalue weighted by molar-refractivity contribution is -0.116. The first-order chi connectivity index (χ1) is 7.77. The largest absolute Gasteiger partial charge is 0.326 e. The molecule has 0 bridgehead atoms. The molecule has 0 saturated heterocycles. The van der Waals surface area contributed by atoms with Crippen molar-refractivity contribution in [3.8, 4) is 0 Å². The van der Waals surface area contributed by atoms with Crippen molar-refractivity contribution in [3.63, 3.8) is 0 Å². The standard InChI is InChI=1S/C13H20N2O.ClH/c1-3-6-11-7-4-5-8-12(11)15-13(16)9-10-14-2;/h4-5,7-8,14H,3,6,9-10H2,1-2H3,(H,15,16);1H. The van der Waals surface area contributed by atoms with Gasteiger partial charge in [-0.05, 0) is 25.1 Å². The Balaban J connectivity index is 0.00000256. The van der Waals surface area contributed by atoms with E-state index < -0.39 is 0 Å². The normalized spacial score (nSPS) is 9.53. The first-order valence-electron chi connectivity index (χ1n) is 5.80. The quantitative estimate of drug-likeness (QED) is 0.822. The maximum absolute atomic E-state index is 11.6. The predicted molar refractivity (Wildman–Crippen MR) is 74.9 cm³/mol. The molecule has 1 amide bonds. The fourth-order valence-corrected chi connectivity index (χ4v) is 1.58. The van der Waals surface area contributed by atoms with Gasteiger partial charge in [-0.2, -0.15) is 0 Å². The van der Waals surface area contributed by atoms with Crippen LogP contribution in [0.15, 0.2) is 24.3 Å². The van der Waals surface area contributed by atoms with Crippen molar-refractivity contribution >= 4 is 24.0 Å². The number of hydrogen-bond donors (Lipinski definition) is 2. The van der Waals surface area contributed by atoms with Crippen LogP contribution < -0.4 is 10.6 Å². The van der Waals surface area contributed by atoms with Gasteiger partial charge in [0.1, 0.15) is 0 Å².